The summed E-state index contributed by atoms with van der Waals surface area (Å²) in [6.07, 6.45) is 1.60. The van der Waals surface area contributed by atoms with Gasteiger partial charge in [-0.15, -0.1) is 11.3 Å². The normalized spacial score (nSPS) is 14.1. The first-order chi connectivity index (χ1) is 17.4. The van der Waals surface area contributed by atoms with Crippen LogP contribution in [0.2, 0.25) is 5.02 Å². The van der Waals surface area contributed by atoms with E-state index in [1.165, 1.54) is 11.3 Å². The predicted octanol–water partition coefficient (Wildman–Crippen LogP) is 6.83. The van der Waals surface area contributed by atoms with Crippen LogP contribution >= 0.6 is 22.9 Å². The summed E-state index contributed by atoms with van der Waals surface area (Å²) >= 11 is 7.70. The number of cyclic esters (lactones) is 1. The van der Waals surface area contributed by atoms with E-state index >= 15 is 0 Å². The molecule has 0 N–H and O–H groups in total. The number of esters is 2. The maximum atomic E-state index is 12.9. The second-order valence-electron chi connectivity index (χ2n) is 7.97. The molecule has 5 rings (SSSR count). The molecule has 2 heterocycles. The average molecular weight is 518 g/mol. The molecule has 0 aliphatic carbocycles. The molecule has 8 heteroatoms. The molecular weight excluding hydrogens is 498 g/mol. The summed E-state index contributed by atoms with van der Waals surface area (Å²) in [6, 6.07) is 20.1. The van der Waals surface area contributed by atoms with Crippen LogP contribution in [0.3, 0.4) is 0 Å². The van der Waals surface area contributed by atoms with Crippen molar-refractivity contribution >= 4 is 56.9 Å². The zero-order valence-corrected chi connectivity index (χ0v) is 21.0. The molecule has 180 valence electrons. The van der Waals surface area contributed by atoms with E-state index in [0.29, 0.717) is 27.8 Å². The molecule has 0 spiro atoms. The fourth-order valence-electron chi connectivity index (χ4n) is 3.65. The topological polar surface area (TPSA) is 74.2 Å². The van der Waals surface area contributed by atoms with Crippen molar-refractivity contribution in [1.82, 2.24) is 0 Å². The molecule has 0 radical (unpaired) electrons. The number of ether oxygens (including phenoxy) is 3. The first-order valence-electron chi connectivity index (χ1n) is 11.2. The summed E-state index contributed by atoms with van der Waals surface area (Å²) < 4.78 is 17.6. The number of halogens is 1. The van der Waals surface area contributed by atoms with Crippen LogP contribution in [-0.2, 0) is 9.53 Å². The van der Waals surface area contributed by atoms with Gasteiger partial charge < -0.3 is 14.2 Å². The van der Waals surface area contributed by atoms with Gasteiger partial charge in [0.2, 0.25) is 5.90 Å². The molecule has 0 atom stereocenters. The van der Waals surface area contributed by atoms with E-state index in [2.05, 4.69) is 4.99 Å². The highest BCUT2D eigenvalue weighted by molar-refractivity contribution is 7.21. The minimum Gasteiger partial charge on any atom is -0.490 e. The van der Waals surface area contributed by atoms with E-state index < -0.39 is 11.9 Å². The van der Waals surface area contributed by atoms with Crippen molar-refractivity contribution in [3.05, 3.63) is 99.0 Å². The molecule has 0 saturated heterocycles. The van der Waals surface area contributed by atoms with Gasteiger partial charge in [0.15, 0.2) is 17.2 Å². The summed E-state index contributed by atoms with van der Waals surface area (Å²) in [5.41, 5.74) is 2.61. The lowest BCUT2D eigenvalue weighted by Gasteiger charge is -2.11. The van der Waals surface area contributed by atoms with Gasteiger partial charge in [-0.2, -0.15) is 0 Å². The number of thiophene rings is 1. The van der Waals surface area contributed by atoms with Crippen molar-refractivity contribution in [1.29, 1.82) is 0 Å². The maximum Gasteiger partial charge on any atom is 0.363 e. The van der Waals surface area contributed by atoms with Crippen LogP contribution in [-0.4, -0.2) is 24.4 Å². The number of rotatable bonds is 6. The van der Waals surface area contributed by atoms with Gasteiger partial charge in [-0.3, -0.25) is 0 Å². The molecule has 4 aromatic rings. The number of carbonyl (C=O) groups is 2. The van der Waals surface area contributed by atoms with E-state index in [1.807, 2.05) is 62.4 Å². The van der Waals surface area contributed by atoms with Crippen LogP contribution in [0, 0.1) is 6.92 Å². The number of nitrogens with zero attached hydrogens (tertiary/aromatic N) is 1. The Kier molecular flexibility index (Phi) is 6.59. The SMILES string of the molecule is CCOc1cc(/C=C2/N=C(c3ccc(C)cc3)OC2=O)ccc1OC(=O)c1sc2ccccc2c1Cl. The van der Waals surface area contributed by atoms with Crippen LogP contribution in [0.15, 0.2) is 77.4 Å². The third-order valence-electron chi connectivity index (χ3n) is 5.41. The molecule has 1 aromatic heterocycles. The average Bonchev–Trinajstić information content (AvgIpc) is 3.41. The van der Waals surface area contributed by atoms with Crippen molar-refractivity contribution in [2.45, 2.75) is 13.8 Å². The molecule has 0 saturated carbocycles. The lowest BCUT2D eigenvalue weighted by atomic mass is 10.1. The van der Waals surface area contributed by atoms with Crippen LogP contribution < -0.4 is 9.47 Å². The summed E-state index contributed by atoms with van der Waals surface area (Å²) in [6.45, 7) is 4.16. The maximum absolute atomic E-state index is 12.9. The molecule has 1 aliphatic heterocycles. The van der Waals surface area contributed by atoms with E-state index in [9.17, 15) is 9.59 Å². The van der Waals surface area contributed by atoms with Gasteiger partial charge in [0, 0.05) is 15.6 Å². The van der Waals surface area contributed by atoms with Gasteiger partial charge in [-0.25, -0.2) is 14.6 Å². The fourth-order valence-corrected chi connectivity index (χ4v) is 5.03. The Morgan fingerprint density at radius 2 is 1.86 bits per heavy atom. The Labute approximate surface area is 216 Å². The fraction of sp³-hybridized carbons (Fsp3) is 0.107. The van der Waals surface area contributed by atoms with Crippen LogP contribution in [0.25, 0.3) is 16.2 Å². The third kappa shape index (κ3) is 4.76. The van der Waals surface area contributed by atoms with Gasteiger partial charge >= 0.3 is 11.9 Å². The quantitative estimate of drug-likeness (QED) is 0.159. The first kappa shape index (κ1) is 23.8. The molecule has 3 aromatic carbocycles. The summed E-state index contributed by atoms with van der Waals surface area (Å²) in [4.78, 5) is 30.0. The number of fused-ring (bicyclic) bond motifs is 1. The van der Waals surface area contributed by atoms with Crippen LogP contribution in [0.1, 0.15) is 33.3 Å². The second kappa shape index (κ2) is 9.97. The third-order valence-corrected chi connectivity index (χ3v) is 7.07. The summed E-state index contributed by atoms with van der Waals surface area (Å²) in [5, 5.41) is 1.17. The lowest BCUT2D eigenvalue weighted by molar-refractivity contribution is -0.129. The van der Waals surface area contributed by atoms with Gasteiger partial charge in [-0.05, 0) is 55.8 Å². The molecule has 0 amide bonds. The number of carbonyl (C=O) groups excluding carboxylic acids is 2. The Morgan fingerprint density at radius 3 is 2.61 bits per heavy atom. The predicted molar refractivity (Wildman–Crippen MR) is 141 cm³/mol. The van der Waals surface area contributed by atoms with Crippen molar-refractivity contribution in [3.63, 3.8) is 0 Å². The van der Waals surface area contributed by atoms with E-state index in [1.54, 1.807) is 24.3 Å². The van der Waals surface area contributed by atoms with Gasteiger partial charge in [0.05, 0.1) is 11.6 Å². The molecule has 36 heavy (non-hydrogen) atoms. The summed E-state index contributed by atoms with van der Waals surface area (Å²) in [5.74, 6) is -0.262. The number of benzene rings is 3. The van der Waals surface area contributed by atoms with Crippen LogP contribution in [0.4, 0.5) is 0 Å². The zero-order valence-electron chi connectivity index (χ0n) is 19.4. The number of hydrogen-bond acceptors (Lipinski definition) is 7. The Bertz CT molecular complexity index is 1550. The molecule has 0 fully saturated rings. The van der Waals surface area contributed by atoms with Gasteiger partial charge in [-0.1, -0.05) is 53.6 Å². The monoisotopic (exact) mass is 517 g/mol. The minimum absolute atomic E-state index is 0.162. The Hall–Kier alpha value is -3.94. The molecule has 0 bridgehead atoms. The Balaban J connectivity index is 1.41. The van der Waals surface area contributed by atoms with E-state index in [-0.39, 0.29) is 17.3 Å². The molecule has 1 aliphatic rings. The highest BCUT2D eigenvalue weighted by atomic mass is 35.5. The van der Waals surface area contributed by atoms with Gasteiger partial charge in [0.25, 0.3) is 0 Å². The highest BCUT2D eigenvalue weighted by Gasteiger charge is 2.25. The highest BCUT2D eigenvalue weighted by Crippen LogP contribution is 2.37. The lowest BCUT2D eigenvalue weighted by Crippen LogP contribution is -2.08. The van der Waals surface area contributed by atoms with Crippen molar-refractivity contribution in [3.8, 4) is 11.5 Å². The smallest absolute Gasteiger partial charge is 0.363 e. The zero-order chi connectivity index (χ0) is 25.2. The number of aliphatic imine (C=N–C) groups is 1. The minimum atomic E-state index is -0.569. The molecular formula is C28H20ClNO5S. The number of hydrogen-bond donors (Lipinski definition) is 0. The van der Waals surface area contributed by atoms with Crippen molar-refractivity contribution < 1.29 is 23.8 Å². The summed E-state index contributed by atoms with van der Waals surface area (Å²) in [7, 11) is 0. The van der Waals surface area contributed by atoms with Gasteiger partial charge in [0.1, 0.15) is 4.88 Å². The number of aryl methyl sites for hydroxylation is 1. The molecule has 0 unspecified atom stereocenters. The van der Waals surface area contributed by atoms with Crippen molar-refractivity contribution in [2.24, 2.45) is 4.99 Å². The van der Waals surface area contributed by atoms with E-state index in [0.717, 1.165) is 21.2 Å². The van der Waals surface area contributed by atoms with E-state index in [4.69, 9.17) is 25.8 Å². The largest absolute Gasteiger partial charge is 0.490 e. The second-order valence-corrected chi connectivity index (χ2v) is 9.40. The first-order valence-corrected chi connectivity index (χ1v) is 12.4. The standard InChI is InChI=1S/C28H20ClNO5S/c1-3-33-22-15-17(14-20-27(31)35-26(30-20)18-11-8-16(2)9-12-18)10-13-21(22)34-28(32)25-24(29)19-6-4-5-7-23(19)36-25/h4-15H,3H2,1-2H3/b20-14+. The molecule has 6 nitrogen and oxygen atoms in total. The Morgan fingerprint density at radius 1 is 1.08 bits per heavy atom. The van der Waals surface area contributed by atoms with Crippen LogP contribution in [0.5, 0.6) is 11.5 Å². The van der Waals surface area contributed by atoms with Crippen molar-refractivity contribution in [2.75, 3.05) is 6.61 Å².